The Bertz CT molecular complexity index is 1030. The quantitative estimate of drug-likeness (QED) is 0.728. The molecule has 1 amide bonds. The van der Waals surface area contributed by atoms with Crippen molar-refractivity contribution in [3.63, 3.8) is 0 Å². The van der Waals surface area contributed by atoms with Gasteiger partial charge in [-0.1, -0.05) is 17.7 Å². The molecule has 0 spiro atoms. The Morgan fingerprint density at radius 2 is 1.85 bits per heavy atom. The molecule has 7 nitrogen and oxygen atoms in total. The van der Waals surface area contributed by atoms with Crippen LogP contribution in [0.4, 0.5) is 5.69 Å². The van der Waals surface area contributed by atoms with Crippen LogP contribution in [0.25, 0.3) is 11.1 Å². The highest BCUT2D eigenvalue weighted by Crippen LogP contribution is 2.20. The van der Waals surface area contributed by atoms with Crippen LogP contribution in [0.2, 0.25) is 0 Å². The molecule has 1 unspecified atom stereocenters. The molecule has 1 atom stereocenters. The molecule has 7 heteroatoms. The number of carbonyl (C=O) groups excluding carboxylic acids is 2. The van der Waals surface area contributed by atoms with Crippen LogP contribution in [-0.2, 0) is 9.53 Å². The zero-order valence-corrected chi connectivity index (χ0v) is 14.6. The molecule has 0 aliphatic rings. The lowest BCUT2D eigenvalue weighted by Gasteiger charge is -2.13. The summed E-state index contributed by atoms with van der Waals surface area (Å²) < 4.78 is 11.1. The van der Waals surface area contributed by atoms with Crippen LogP contribution in [0.5, 0.6) is 0 Å². The van der Waals surface area contributed by atoms with E-state index in [9.17, 15) is 14.4 Å². The number of benzene rings is 2. The third-order valence-corrected chi connectivity index (χ3v) is 4.12. The van der Waals surface area contributed by atoms with Crippen molar-refractivity contribution in [3.05, 3.63) is 64.1 Å². The number of hydrogen-bond acceptors (Lipinski definition) is 5. The number of esters is 1. The van der Waals surface area contributed by atoms with Gasteiger partial charge in [0.15, 0.2) is 5.58 Å². The SMILES string of the molecule is COC(=O)c1ccc2c(c1)oc(=O)n2C(C)C(=O)Nc1ccc(C)cc1. The molecule has 0 radical (unpaired) electrons. The highest BCUT2D eigenvalue weighted by Gasteiger charge is 2.22. The van der Waals surface area contributed by atoms with E-state index in [1.807, 2.05) is 19.1 Å². The van der Waals surface area contributed by atoms with Gasteiger partial charge in [0, 0.05) is 5.69 Å². The Hall–Kier alpha value is -3.35. The summed E-state index contributed by atoms with van der Waals surface area (Å²) in [6, 6.07) is 11.0. The smallest absolute Gasteiger partial charge is 0.420 e. The number of nitrogens with one attached hydrogen (secondary N) is 1. The number of rotatable bonds is 4. The molecule has 26 heavy (non-hydrogen) atoms. The van der Waals surface area contributed by atoms with E-state index >= 15 is 0 Å². The van der Waals surface area contributed by atoms with Crippen LogP contribution in [0, 0.1) is 6.92 Å². The number of oxazole rings is 1. The van der Waals surface area contributed by atoms with Gasteiger partial charge < -0.3 is 14.5 Å². The molecule has 0 aliphatic heterocycles. The maximum absolute atomic E-state index is 12.5. The number of anilines is 1. The van der Waals surface area contributed by atoms with Crippen molar-refractivity contribution in [1.29, 1.82) is 0 Å². The molecule has 1 N–H and O–H groups in total. The Morgan fingerprint density at radius 3 is 2.50 bits per heavy atom. The zero-order chi connectivity index (χ0) is 18.8. The van der Waals surface area contributed by atoms with Gasteiger partial charge in [0.25, 0.3) is 0 Å². The van der Waals surface area contributed by atoms with E-state index < -0.39 is 17.8 Å². The number of nitrogens with zero attached hydrogens (tertiary/aromatic N) is 1. The molecule has 2 aromatic carbocycles. The number of aromatic nitrogens is 1. The summed E-state index contributed by atoms with van der Waals surface area (Å²) in [5, 5.41) is 2.77. The van der Waals surface area contributed by atoms with Crippen LogP contribution in [0.3, 0.4) is 0 Å². The zero-order valence-electron chi connectivity index (χ0n) is 14.6. The largest absolute Gasteiger partial charge is 0.465 e. The van der Waals surface area contributed by atoms with Gasteiger partial charge in [-0.25, -0.2) is 9.59 Å². The average Bonchev–Trinajstić information content (AvgIpc) is 2.97. The van der Waals surface area contributed by atoms with Crippen molar-refractivity contribution in [3.8, 4) is 0 Å². The minimum atomic E-state index is -0.797. The number of carbonyl (C=O) groups is 2. The van der Waals surface area contributed by atoms with Gasteiger partial charge in [0.1, 0.15) is 6.04 Å². The number of amides is 1. The second kappa shape index (κ2) is 6.87. The van der Waals surface area contributed by atoms with Crippen LogP contribution < -0.4 is 11.1 Å². The lowest BCUT2D eigenvalue weighted by atomic mass is 10.2. The first-order chi connectivity index (χ1) is 12.4. The van der Waals surface area contributed by atoms with E-state index in [0.29, 0.717) is 11.2 Å². The molecule has 0 fully saturated rings. The molecule has 3 aromatic rings. The summed E-state index contributed by atoms with van der Waals surface area (Å²) in [5.41, 5.74) is 2.62. The maximum Gasteiger partial charge on any atom is 0.420 e. The van der Waals surface area contributed by atoms with E-state index in [1.165, 1.54) is 23.8 Å². The summed E-state index contributed by atoms with van der Waals surface area (Å²) in [7, 11) is 1.27. The van der Waals surface area contributed by atoms with Crippen molar-refractivity contribution in [2.24, 2.45) is 0 Å². The molecule has 0 saturated heterocycles. The van der Waals surface area contributed by atoms with Crippen LogP contribution in [0.1, 0.15) is 28.9 Å². The van der Waals surface area contributed by atoms with Crippen molar-refractivity contribution < 1.29 is 18.7 Å². The normalized spacial score (nSPS) is 12.0. The number of ether oxygens (including phenoxy) is 1. The van der Waals surface area contributed by atoms with Gasteiger partial charge >= 0.3 is 11.7 Å². The summed E-state index contributed by atoms with van der Waals surface area (Å²) in [4.78, 5) is 36.4. The fourth-order valence-electron chi connectivity index (χ4n) is 2.65. The first-order valence-corrected chi connectivity index (χ1v) is 8.01. The number of fused-ring (bicyclic) bond motifs is 1. The highest BCUT2D eigenvalue weighted by molar-refractivity contribution is 5.95. The van der Waals surface area contributed by atoms with E-state index in [0.717, 1.165) is 5.56 Å². The Morgan fingerprint density at radius 1 is 1.15 bits per heavy atom. The van der Waals surface area contributed by atoms with E-state index in [1.54, 1.807) is 25.1 Å². The minimum Gasteiger partial charge on any atom is -0.465 e. The second-order valence-electron chi connectivity index (χ2n) is 5.94. The fourth-order valence-corrected chi connectivity index (χ4v) is 2.65. The number of aryl methyl sites for hydroxylation is 1. The molecule has 0 bridgehead atoms. The maximum atomic E-state index is 12.5. The number of hydrogen-bond donors (Lipinski definition) is 1. The topological polar surface area (TPSA) is 90.5 Å². The summed E-state index contributed by atoms with van der Waals surface area (Å²) >= 11 is 0. The Balaban J connectivity index is 1.92. The molecule has 3 rings (SSSR count). The number of methoxy groups -OCH3 is 1. The van der Waals surface area contributed by atoms with Crippen molar-refractivity contribution in [2.75, 3.05) is 12.4 Å². The Kier molecular flexibility index (Phi) is 4.62. The summed E-state index contributed by atoms with van der Waals surface area (Å²) in [5.74, 6) is -1.56. The average molecular weight is 354 g/mol. The predicted molar refractivity (Wildman–Crippen MR) is 96.3 cm³/mol. The summed E-state index contributed by atoms with van der Waals surface area (Å²) in [6.45, 7) is 3.56. The molecule has 0 aliphatic carbocycles. The third-order valence-electron chi connectivity index (χ3n) is 4.12. The van der Waals surface area contributed by atoms with E-state index in [-0.39, 0.29) is 17.1 Å². The highest BCUT2D eigenvalue weighted by atomic mass is 16.5. The monoisotopic (exact) mass is 354 g/mol. The lowest BCUT2D eigenvalue weighted by Crippen LogP contribution is -2.29. The summed E-state index contributed by atoms with van der Waals surface area (Å²) in [6.07, 6.45) is 0. The van der Waals surface area contributed by atoms with Crippen LogP contribution >= 0.6 is 0 Å². The van der Waals surface area contributed by atoms with Gasteiger partial charge in [0.2, 0.25) is 5.91 Å². The molecule has 1 aromatic heterocycles. The Labute approximate surface area is 149 Å². The molecular formula is C19H18N2O5. The van der Waals surface area contributed by atoms with Crippen molar-refractivity contribution in [1.82, 2.24) is 4.57 Å². The third kappa shape index (κ3) is 3.23. The molecular weight excluding hydrogens is 336 g/mol. The minimum absolute atomic E-state index is 0.216. The fraction of sp³-hybridized carbons (Fsp3) is 0.211. The van der Waals surface area contributed by atoms with Crippen molar-refractivity contribution >= 4 is 28.7 Å². The first-order valence-electron chi connectivity index (χ1n) is 8.01. The standard InChI is InChI=1S/C19H18N2O5/c1-11-4-7-14(8-5-11)20-17(22)12(2)21-15-9-6-13(18(23)25-3)10-16(15)26-19(21)24/h4-10,12H,1-3H3,(H,20,22). The predicted octanol–water partition coefficient (Wildman–Crippen LogP) is 2.89. The van der Waals surface area contributed by atoms with Gasteiger partial charge in [0.05, 0.1) is 18.2 Å². The molecule has 134 valence electrons. The molecule has 0 saturated carbocycles. The van der Waals surface area contributed by atoms with Gasteiger partial charge in [-0.3, -0.25) is 9.36 Å². The molecule has 1 heterocycles. The van der Waals surface area contributed by atoms with Crippen LogP contribution in [-0.4, -0.2) is 23.6 Å². The van der Waals surface area contributed by atoms with Gasteiger partial charge in [-0.2, -0.15) is 0 Å². The van der Waals surface area contributed by atoms with Gasteiger partial charge in [-0.15, -0.1) is 0 Å². The van der Waals surface area contributed by atoms with E-state index in [4.69, 9.17) is 4.42 Å². The second-order valence-corrected chi connectivity index (χ2v) is 5.94. The van der Waals surface area contributed by atoms with Gasteiger partial charge in [-0.05, 0) is 44.2 Å². The first kappa shape index (κ1) is 17.5. The lowest BCUT2D eigenvalue weighted by molar-refractivity contribution is -0.118. The van der Waals surface area contributed by atoms with E-state index in [2.05, 4.69) is 10.1 Å². The van der Waals surface area contributed by atoms with Crippen molar-refractivity contribution in [2.45, 2.75) is 19.9 Å². The van der Waals surface area contributed by atoms with Crippen LogP contribution in [0.15, 0.2) is 51.7 Å².